The molecule has 25 heavy (non-hydrogen) atoms. The highest BCUT2D eigenvalue weighted by atomic mass is 35.5. The maximum absolute atomic E-state index is 12.3. The number of nitrogens with zero attached hydrogens (tertiary/aromatic N) is 1. The maximum Gasteiger partial charge on any atom is 0.244 e. The Hall–Kier alpha value is -2.73. The quantitative estimate of drug-likeness (QED) is 0.855. The molecule has 0 heterocycles. The molecule has 0 aliphatic rings. The third kappa shape index (κ3) is 4.64. The van der Waals surface area contributed by atoms with Crippen LogP contribution in [-0.2, 0) is 9.59 Å². The van der Waals surface area contributed by atoms with Crippen LogP contribution in [0.3, 0.4) is 0 Å². The second kappa shape index (κ2) is 8.39. The number of rotatable bonds is 6. The lowest BCUT2D eigenvalue weighted by molar-refractivity contribution is -0.120. The Balaban J connectivity index is 2.23. The van der Waals surface area contributed by atoms with Crippen LogP contribution in [0.5, 0.6) is 11.5 Å². The van der Waals surface area contributed by atoms with Gasteiger partial charge in [0.05, 0.1) is 30.6 Å². The van der Waals surface area contributed by atoms with Crippen molar-refractivity contribution in [2.45, 2.75) is 6.92 Å². The first-order valence-electron chi connectivity index (χ1n) is 7.50. The Morgan fingerprint density at radius 2 is 1.84 bits per heavy atom. The van der Waals surface area contributed by atoms with Crippen LogP contribution in [0, 0.1) is 0 Å². The Morgan fingerprint density at radius 3 is 2.44 bits per heavy atom. The monoisotopic (exact) mass is 362 g/mol. The molecule has 0 bridgehead atoms. The number of ether oxygens (including phenoxy) is 2. The van der Waals surface area contributed by atoms with Gasteiger partial charge < -0.3 is 14.8 Å². The number of anilines is 2. The summed E-state index contributed by atoms with van der Waals surface area (Å²) in [6.45, 7) is 1.20. The van der Waals surface area contributed by atoms with Crippen LogP contribution < -0.4 is 19.7 Å². The Labute approximate surface area is 151 Å². The molecule has 0 aliphatic carbocycles. The van der Waals surface area contributed by atoms with Crippen LogP contribution in [-0.4, -0.2) is 32.6 Å². The first-order chi connectivity index (χ1) is 12.0. The molecule has 0 atom stereocenters. The number of hydrogen-bond donors (Lipinski definition) is 1. The lowest BCUT2D eigenvalue weighted by atomic mass is 10.2. The highest BCUT2D eigenvalue weighted by Gasteiger charge is 2.20. The number of carbonyl (C=O) groups excluding carboxylic acids is 2. The van der Waals surface area contributed by atoms with Crippen molar-refractivity contribution < 1.29 is 19.1 Å². The summed E-state index contributed by atoms with van der Waals surface area (Å²) in [5.41, 5.74) is 0.962. The third-order valence-corrected chi connectivity index (χ3v) is 3.84. The van der Waals surface area contributed by atoms with Crippen molar-refractivity contribution in [3.05, 3.63) is 47.5 Å². The van der Waals surface area contributed by atoms with Gasteiger partial charge in [-0.3, -0.25) is 14.5 Å². The van der Waals surface area contributed by atoms with Crippen LogP contribution in [0.1, 0.15) is 6.92 Å². The van der Waals surface area contributed by atoms with Crippen molar-refractivity contribution in [1.82, 2.24) is 0 Å². The van der Waals surface area contributed by atoms with Gasteiger partial charge in [0.1, 0.15) is 18.0 Å². The van der Waals surface area contributed by atoms with E-state index in [1.165, 1.54) is 26.0 Å². The van der Waals surface area contributed by atoms with Crippen molar-refractivity contribution in [3.63, 3.8) is 0 Å². The van der Waals surface area contributed by atoms with Gasteiger partial charge in [-0.05, 0) is 24.3 Å². The fourth-order valence-corrected chi connectivity index (χ4v) is 2.45. The predicted octanol–water partition coefficient (Wildman–Crippen LogP) is 3.35. The molecule has 0 saturated heterocycles. The van der Waals surface area contributed by atoms with Crippen LogP contribution in [0.2, 0.25) is 5.02 Å². The van der Waals surface area contributed by atoms with E-state index < -0.39 is 0 Å². The first-order valence-corrected chi connectivity index (χ1v) is 7.88. The Morgan fingerprint density at radius 1 is 1.12 bits per heavy atom. The second-order valence-electron chi connectivity index (χ2n) is 5.17. The van der Waals surface area contributed by atoms with Gasteiger partial charge in [0.15, 0.2) is 0 Å². The van der Waals surface area contributed by atoms with Gasteiger partial charge >= 0.3 is 0 Å². The van der Waals surface area contributed by atoms with Gasteiger partial charge in [0.25, 0.3) is 0 Å². The molecule has 2 rings (SSSR count). The van der Waals surface area contributed by atoms with Crippen LogP contribution >= 0.6 is 11.6 Å². The molecular formula is C18H19ClN2O4. The van der Waals surface area contributed by atoms with Gasteiger partial charge in [-0.25, -0.2) is 0 Å². The minimum absolute atomic E-state index is 0.177. The zero-order chi connectivity index (χ0) is 18.4. The maximum atomic E-state index is 12.3. The van der Waals surface area contributed by atoms with Gasteiger partial charge in [-0.15, -0.1) is 0 Å². The minimum Gasteiger partial charge on any atom is -0.497 e. The molecule has 1 N–H and O–H groups in total. The van der Waals surface area contributed by atoms with Crippen molar-refractivity contribution in [2.24, 2.45) is 0 Å². The van der Waals surface area contributed by atoms with E-state index in [2.05, 4.69) is 5.32 Å². The van der Waals surface area contributed by atoms with E-state index in [9.17, 15) is 9.59 Å². The van der Waals surface area contributed by atoms with Crippen molar-refractivity contribution in [3.8, 4) is 11.5 Å². The molecule has 0 spiro atoms. The molecule has 2 aromatic carbocycles. The van der Waals surface area contributed by atoms with Crippen molar-refractivity contribution in [1.29, 1.82) is 0 Å². The lowest BCUT2D eigenvalue weighted by Crippen LogP contribution is -2.37. The summed E-state index contributed by atoms with van der Waals surface area (Å²) in [5, 5.41) is 3.12. The number of para-hydroxylation sites is 1. The number of hydrogen-bond acceptors (Lipinski definition) is 4. The van der Waals surface area contributed by atoms with E-state index in [0.29, 0.717) is 27.9 Å². The molecule has 0 unspecified atom stereocenters. The van der Waals surface area contributed by atoms with E-state index in [4.69, 9.17) is 21.1 Å². The summed E-state index contributed by atoms with van der Waals surface area (Å²) in [6, 6.07) is 11.9. The molecule has 132 valence electrons. The van der Waals surface area contributed by atoms with E-state index in [-0.39, 0.29) is 18.4 Å². The first kappa shape index (κ1) is 18.6. The SMILES string of the molecule is COc1ccc(N(CC(=O)Nc2ccccc2Cl)C(C)=O)c(OC)c1. The third-order valence-electron chi connectivity index (χ3n) is 3.51. The van der Waals surface area contributed by atoms with Crippen LogP contribution in [0.4, 0.5) is 11.4 Å². The Bertz CT molecular complexity index is 779. The number of nitrogens with one attached hydrogen (secondary N) is 1. The van der Waals surface area contributed by atoms with Crippen LogP contribution in [0.25, 0.3) is 0 Å². The summed E-state index contributed by atoms with van der Waals surface area (Å²) in [5.74, 6) is 0.351. The fourth-order valence-electron chi connectivity index (χ4n) is 2.27. The summed E-state index contributed by atoms with van der Waals surface area (Å²) in [6.07, 6.45) is 0. The van der Waals surface area contributed by atoms with Gasteiger partial charge in [0.2, 0.25) is 11.8 Å². The van der Waals surface area contributed by atoms with Gasteiger partial charge in [0, 0.05) is 13.0 Å². The standard InChI is InChI=1S/C18H19ClN2O4/c1-12(22)21(16-9-8-13(24-2)10-17(16)25-3)11-18(23)20-15-7-5-4-6-14(15)19/h4-10H,11H2,1-3H3,(H,20,23). The van der Waals surface area contributed by atoms with Crippen LogP contribution in [0.15, 0.2) is 42.5 Å². The number of halogens is 1. The smallest absolute Gasteiger partial charge is 0.244 e. The van der Waals surface area contributed by atoms with Gasteiger partial charge in [-0.2, -0.15) is 0 Å². The zero-order valence-electron chi connectivity index (χ0n) is 14.2. The number of amides is 2. The topological polar surface area (TPSA) is 67.9 Å². The number of methoxy groups -OCH3 is 2. The van der Waals surface area contributed by atoms with E-state index in [1.54, 1.807) is 42.5 Å². The molecule has 0 radical (unpaired) electrons. The molecule has 6 nitrogen and oxygen atoms in total. The molecule has 0 aromatic heterocycles. The minimum atomic E-state index is -0.374. The number of carbonyl (C=O) groups is 2. The Kier molecular flexibility index (Phi) is 6.25. The largest absolute Gasteiger partial charge is 0.497 e. The number of benzene rings is 2. The normalized spacial score (nSPS) is 10.1. The summed E-state index contributed by atoms with van der Waals surface area (Å²) < 4.78 is 10.5. The molecule has 2 aromatic rings. The summed E-state index contributed by atoms with van der Waals surface area (Å²) in [7, 11) is 3.02. The summed E-state index contributed by atoms with van der Waals surface area (Å²) >= 11 is 6.04. The lowest BCUT2D eigenvalue weighted by Gasteiger charge is -2.23. The zero-order valence-corrected chi connectivity index (χ0v) is 15.0. The average molecular weight is 363 g/mol. The average Bonchev–Trinajstić information content (AvgIpc) is 2.61. The van der Waals surface area contributed by atoms with Crippen molar-refractivity contribution >= 4 is 34.8 Å². The van der Waals surface area contributed by atoms with E-state index >= 15 is 0 Å². The molecule has 0 saturated carbocycles. The molecule has 2 amide bonds. The molecule has 0 fully saturated rings. The summed E-state index contributed by atoms with van der Waals surface area (Å²) in [4.78, 5) is 25.7. The molecule has 7 heteroatoms. The predicted molar refractivity (Wildman–Crippen MR) is 97.7 cm³/mol. The highest BCUT2D eigenvalue weighted by Crippen LogP contribution is 2.32. The molecular weight excluding hydrogens is 344 g/mol. The van der Waals surface area contributed by atoms with Gasteiger partial charge in [-0.1, -0.05) is 23.7 Å². The second-order valence-corrected chi connectivity index (χ2v) is 5.58. The van der Waals surface area contributed by atoms with E-state index in [1.807, 2.05) is 0 Å². The van der Waals surface area contributed by atoms with Crippen molar-refractivity contribution in [2.75, 3.05) is 31.0 Å². The van der Waals surface area contributed by atoms with E-state index in [0.717, 1.165) is 0 Å². The fraction of sp³-hybridized carbons (Fsp3) is 0.222. The highest BCUT2D eigenvalue weighted by molar-refractivity contribution is 6.33. The molecule has 0 aliphatic heterocycles.